The van der Waals surface area contributed by atoms with E-state index in [2.05, 4.69) is 10.3 Å². The monoisotopic (exact) mass is 279 g/mol. The Morgan fingerprint density at radius 1 is 1.30 bits per heavy atom. The van der Waals surface area contributed by atoms with E-state index in [4.69, 9.17) is 15.2 Å². The normalized spacial score (nSPS) is 12.3. The molecule has 1 aromatic rings. The molecule has 0 aliphatic heterocycles. The molecule has 1 aromatic carbocycles. The Labute approximate surface area is 121 Å². The molecule has 112 valence electrons. The molecular weight excluding hydrogens is 254 g/mol. The van der Waals surface area contributed by atoms with Crippen molar-refractivity contribution in [3.05, 3.63) is 29.8 Å². The Hall–Kier alpha value is -1.75. The van der Waals surface area contributed by atoms with Crippen molar-refractivity contribution in [1.82, 2.24) is 5.32 Å². The maximum Gasteiger partial charge on any atom is 0.189 e. The zero-order valence-corrected chi connectivity index (χ0v) is 12.8. The molecule has 5 heteroatoms. The van der Waals surface area contributed by atoms with Crippen LogP contribution in [0.3, 0.4) is 0 Å². The van der Waals surface area contributed by atoms with Gasteiger partial charge in [0, 0.05) is 19.2 Å². The molecule has 20 heavy (non-hydrogen) atoms. The van der Waals surface area contributed by atoms with Crippen molar-refractivity contribution in [2.24, 2.45) is 10.7 Å². The van der Waals surface area contributed by atoms with Crippen molar-refractivity contribution in [3.63, 3.8) is 0 Å². The summed E-state index contributed by atoms with van der Waals surface area (Å²) in [6, 6.07) is 7.86. The van der Waals surface area contributed by atoms with Gasteiger partial charge in [-0.2, -0.15) is 0 Å². The van der Waals surface area contributed by atoms with E-state index in [1.807, 2.05) is 45.0 Å². The molecular formula is C15H25N3O2. The fourth-order valence-electron chi connectivity index (χ4n) is 1.57. The standard InChI is InChI=1S/C15H25N3O2/c1-15(2,3)20-13-8-6-5-7-12(13)11-18-14(16)17-9-10-19-4/h5-8H,9-11H2,1-4H3,(H3,16,17,18). The highest BCUT2D eigenvalue weighted by atomic mass is 16.5. The van der Waals surface area contributed by atoms with E-state index in [1.165, 1.54) is 0 Å². The van der Waals surface area contributed by atoms with Crippen LogP contribution in [0.1, 0.15) is 26.3 Å². The van der Waals surface area contributed by atoms with Crippen LogP contribution in [0.15, 0.2) is 29.3 Å². The lowest BCUT2D eigenvalue weighted by atomic mass is 10.1. The zero-order valence-electron chi connectivity index (χ0n) is 12.8. The number of guanidine groups is 1. The van der Waals surface area contributed by atoms with E-state index < -0.39 is 0 Å². The number of rotatable bonds is 6. The molecule has 0 unspecified atom stereocenters. The number of nitrogens with one attached hydrogen (secondary N) is 1. The quantitative estimate of drug-likeness (QED) is 0.474. The summed E-state index contributed by atoms with van der Waals surface area (Å²) in [6.07, 6.45) is 0. The van der Waals surface area contributed by atoms with Gasteiger partial charge < -0.3 is 20.5 Å². The van der Waals surface area contributed by atoms with Crippen molar-refractivity contribution in [2.75, 3.05) is 20.3 Å². The Morgan fingerprint density at radius 3 is 2.65 bits per heavy atom. The zero-order chi connectivity index (χ0) is 15.0. The van der Waals surface area contributed by atoms with E-state index >= 15 is 0 Å². The third-order valence-corrected chi connectivity index (χ3v) is 2.42. The van der Waals surface area contributed by atoms with Gasteiger partial charge in [0.2, 0.25) is 0 Å². The Bertz CT molecular complexity index is 439. The molecule has 0 amide bonds. The minimum absolute atomic E-state index is 0.234. The van der Waals surface area contributed by atoms with Gasteiger partial charge in [0.1, 0.15) is 11.4 Å². The first-order valence-corrected chi connectivity index (χ1v) is 6.72. The highest BCUT2D eigenvalue weighted by molar-refractivity contribution is 5.77. The van der Waals surface area contributed by atoms with Crippen molar-refractivity contribution in [2.45, 2.75) is 32.9 Å². The second kappa shape index (κ2) is 7.75. The average Bonchev–Trinajstić information content (AvgIpc) is 2.36. The molecule has 1 rings (SSSR count). The van der Waals surface area contributed by atoms with Gasteiger partial charge in [-0.3, -0.25) is 0 Å². The van der Waals surface area contributed by atoms with Gasteiger partial charge in [0.15, 0.2) is 5.96 Å². The molecule has 0 aliphatic rings. The van der Waals surface area contributed by atoms with E-state index in [-0.39, 0.29) is 5.60 Å². The molecule has 0 saturated heterocycles. The van der Waals surface area contributed by atoms with Gasteiger partial charge in [-0.15, -0.1) is 0 Å². The molecule has 0 aliphatic carbocycles. The first-order valence-electron chi connectivity index (χ1n) is 6.72. The molecule has 0 fully saturated rings. The predicted molar refractivity (Wildman–Crippen MR) is 82.0 cm³/mol. The Morgan fingerprint density at radius 2 is 2.00 bits per heavy atom. The maximum absolute atomic E-state index is 5.91. The lowest BCUT2D eigenvalue weighted by Gasteiger charge is -2.23. The Kier molecular flexibility index (Phi) is 6.31. The number of para-hydroxylation sites is 1. The third kappa shape index (κ3) is 6.43. The molecule has 0 saturated carbocycles. The van der Waals surface area contributed by atoms with Crippen LogP contribution < -0.4 is 15.8 Å². The summed E-state index contributed by atoms with van der Waals surface area (Å²) >= 11 is 0. The summed E-state index contributed by atoms with van der Waals surface area (Å²) in [5, 5.41) is 2.98. The number of methoxy groups -OCH3 is 1. The number of hydrogen-bond donors (Lipinski definition) is 2. The molecule has 3 N–H and O–H groups in total. The van der Waals surface area contributed by atoms with Crippen LogP contribution >= 0.6 is 0 Å². The smallest absolute Gasteiger partial charge is 0.189 e. The van der Waals surface area contributed by atoms with E-state index in [0.29, 0.717) is 25.7 Å². The molecule has 5 nitrogen and oxygen atoms in total. The maximum atomic E-state index is 5.91. The van der Waals surface area contributed by atoms with Crippen LogP contribution in [-0.2, 0) is 11.3 Å². The fraction of sp³-hybridized carbons (Fsp3) is 0.533. The topological polar surface area (TPSA) is 68.9 Å². The van der Waals surface area contributed by atoms with Gasteiger partial charge in [0.25, 0.3) is 0 Å². The Balaban J connectivity index is 2.65. The minimum atomic E-state index is -0.234. The molecule has 0 spiro atoms. The average molecular weight is 279 g/mol. The molecule has 0 aromatic heterocycles. The van der Waals surface area contributed by atoms with Gasteiger partial charge in [-0.25, -0.2) is 4.99 Å². The van der Waals surface area contributed by atoms with Gasteiger partial charge >= 0.3 is 0 Å². The van der Waals surface area contributed by atoms with Crippen molar-refractivity contribution < 1.29 is 9.47 Å². The summed E-state index contributed by atoms with van der Waals surface area (Å²) in [5.41, 5.74) is 6.56. The van der Waals surface area contributed by atoms with Crippen molar-refractivity contribution in [1.29, 1.82) is 0 Å². The van der Waals surface area contributed by atoms with Crippen LogP contribution in [0.25, 0.3) is 0 Å². The number of nitrogens with zero attached hydrogens (tertiary/aromatic N) is 1. The predicted octanol–water partition coefficient (Wildman–Crippen LogP) is 1.91. The summed E-state index contributed by atoms with van der Waals surface area (Å²) in [4.78, 5) is 4.30. The van der Waals surface area contributed by atoms with Gasteiger partial charge in [-0.1, -0.05) is 18.2 Å². The minimum Gasteiger partial charge on any atom is -0.488 e. The highest BCUT2D eigenvalue weighted by Gasteiger charge is 2.13. The van der Waals surface area contributed by atoms with Crippen LogP contribution in [0, 0.1) is 0 Å². The van der Waals surface area contributed by atoms with Gasteiger partial charge in [0.05, 0.1) is 13.2 Å². The number of nitrogens with two attached hydrogens (primary N) is 1. The molecule has 0 heterocycles. The third-order valence-electron chi connectivity index (χ3n) is 2.42. The van der Waals surface area contributed by atoms with E-state index in [9.17, 15) is 0 Å². The van der Waals surface area contributed by atoms with Crippen LogP contribution in [-0.4, -0.2) is 31.8 Å². The highest BCUT2D eigenvalue weighted by Crippen LogP contribution is 2.23. The molecule has 0 atom stereocenters. The van der Waals surface area contributed by atoms with Crippen LogP contribution in [0.2, 0.25) is 0 Å². The number of ether oxygens (including phenoxy) is 2. The summed E-state index contributed by atoms with van der Waals surface area (Å²) < 4.78 is 10.8. The summed E-state index contributed by atoms with van der Waals surface area (Å²) in [6.45, 7) is 7.79. The molecule has 0 radical (unpaired) electrons. The first kappa shape index (κ1) is 16.3. The lowest BCUT2D eigenvalue weighted by molar-refractivity contribution is 0.129. The summed E-state index contributed by atoms with van der Waals surface area (Å²) in [5.74, 6) is 1.25. The molecule has 0 bridgehead atoms. The SMILES string of the molecule is COCCNC(N)=NCc1ccccc1OC(C)(C)C. The second-order valence-corrected chi connectivity index (χ2v) is 5.44. The van der Waals surface area contributed by atoms with Crippen LogP contribution in [0.4, 0.5) is 0 Å². The van der Waals surface area contributed by atoms with Gasteiger partial charge in [-0.05, 0) is 26.8 Å². The lowest BCUT2D eigenvalue weighted by Crippen LogP contribution is -2.34. The van der Waals surface area contributed by atoms with E-state index in [0.717, 1.165) is 11.3 Å². The first-order chi connectivity index (χ1) is 9.42. The van der Waals surface area contributed by atoms with E-state index in [1.54, 1.807) is 7.11 Å². The van der Waals surface area contributed by atoms with Crippen molar-refractivity contribution >= 4 is 5.96 Å². The number of aliphatic imine (C=N–C) groups is 1. The van der Waals surface area contributed by atoms with Crippen molar-refractivity contribution in [3.8, 4) is 5.75 Å². The fourth-order valence-corrected chi connectivity index (χ4v) is 1.57. The largest absolute Gasteiger partial charge is 0.488 e. The number of benzene rings is 1. The number of hydrogen-bond acceptors (Lipinski definition) is 3. The summed E-state index contributed by atoms with van der Waals surface area (Å²) in [7, 11) is 1.65. The second-order valence-electron chi connectivity index (χ2n) is 5.44. The van der Waals surface area contributed by atoms with Crippen LogP contribution in [0.5, 0.6) is 5.75 Å².